The maximum absolute atomic E-state index is 3.10. The molecule has 0 aliphatic heterocycles. The fourth-order valence-corrected chi connectivity index (χ4v) is 0.346. The van der Waals surface area contributed by atoms with Crippen LogP contribution in [0.1, 0.15) is 20.3 Å². The molecule has 0 aliphatic carbocycles. The number of allylic oxidation sites excluding steroid dienone is 1. The molecule has 0 rings (SSSR count). The van der Waals surface area contributed by atoms with Gasteiger partial charge in [-0.2, -0.15) is 0 Å². The van der Waals surface area contributed by atoms with E-state index in [1.165, 1.54) is 6.42 Å². The maximum Gasteiger partial charge on any atom is 0.0138 e. The lowest BCUT2D eigenvalue weighted by Crippen LogP contribution is -2.03. The molecule has 0 amide bonds. The quantitative estimate of drug-likeness (QED) is 0.529. The molecule has 0 radical (unpaired) electrons. The number of rotatable bonds is 3. The Morgan fingerprint density at radius 3 is 2.71 bits per heavy atom. The van der Waals surface area contributed by atoms with E-state index in [0.717, 1.165) is 6.54 Å². The van der Waals surface area contributed by atoms with Gasteiger partial charge in [-0.25, -0.2) is 0 Å². The minimum absolute atomic E-state index is 1.09. The Morgan fingerprint density at radius 1 is 1.57 bits per heavy atom. The zero-order chi connectivity index (χ0) is 5.54. The van der Waals surface area contributed by atoms with E-state index in [1.807, 2.05) is 19.2 Å². The second kappa shape index (κ2) is 5.54. The van der Waals surface area contributed by atoms with Crippen molar-refractivity contribution < 1.29 is 0 Å². The molecule has 1 heteroatoms. The normalized spacial score (nSPS) is 10.0. The van der Waals surface area contributed by atoms with Crippen LogP contribution in [0.5, 0.6) is 0 Å². The highest BCUT2D eigenvalue weighted by atomic mass is 14.8. The highest BCUT2D eigenvalue weighted by Crippen LogP contribution is 1.68. The Labute approximate surface area is 45.4 Å². The van der Waals surface area contributed by atoms with Gasteiger partial charge in [0.25, 0.3) is 0 Å². The van der Waals surface area contributed by atoms with Gasteiger partial charge in [0.05, 0.1) is 0 Å². The van der Waals surface area contributed by atoms with Gasteiger partial charge in [0.1, 0.15) is 0 Å². The summed E-state index contributed by atoms with van der Waals surface area (Å²) in [5.41, 5.74) is 0. The molecular weight excluding hydrogens is 86.1 g/mol. The van der Waals surface area contributed by atoms with E-state index in [2.05, 4.69) is 12.2 Å². The van der Waals surface area contributed by atoms with Gasteiger partial charge in [-0.1, -0.05) is 13.0 Å². The van der Waals surface area contributed by atoms with Crippen LogP contribution in [0.4, 0.5) is 0 Å². The molecular formula is C6H13N. The second-order valence-electron chi connectivity index (χ2n) is 1.45. The molecule has 1 nitrogen and oxygen atoms in total. The maximum atomic E-state index is 3.10. The zero-order valence-electron chi connectivity index (χ0n) is 5.07. The van der Waals surface area contributed by atoms with Gasteiger partial charge in [0.2, 0.25) is 0 Å². The molecule has 42 valence electrons. The van der Waals surface area contributed by atoms with Crippen molar-refractivity contribution in [1.82, 2.24) is 5.32 Å². The van der Waals surface area contributed by atoms with Gasteiger partial charge in [0, 0.05) is 6.54 Å². The van der Waals surface area contributed by atoms with Crippen LogP contribution in [0.25, 0.3) is 0 Å². The van der Waals surface area contributed by atoms with E-state index in [4.69, 9.17) is 0 Å². The van der Waals surface area contributed by atoms with Gasteiger partial charge in [0.15, 0.2) is 0 Å². The van der Waals surface area contributed by atoms with E-state index >= 15 is 0 Å². The molecule has 1 N–H and O–H groups in total. The molecule has 0 atom stereocenters. The van der Waals surface area contributed by atoms with E-state index in [0.29, 0.717) is 0 Å². The molecule has 0 fully saturated rings. The Hall–Kier alpha value is -0.460. The van der Waals surface area contributed by atoms with Crippen molar-refractivity contribution in [2.75, 3.05) is 6.54 Å². The van der Waals surface area contributed by atoms with Crippen LogP contribution in [0.2, 0.25) is 0 Å². The van der Waals surface area contributed by atoms with Crippen LogP contribution >= 0.6 is 0 Å². The molecule has 0 aromatic carbocycles. The lowest BCUT2D eigenvalue weighted by Gasteiger charge is -1.91. The van der Waals surface area contributed by atoms with Crippen molar-refractivity contribution in [2.45, 2.75) is 20.3 Å². The van der Waals surface area contributed by atoms with Gasteiger partial charge in [-0.05, 0) is 19.5 Å². The molecule has 0 aliphatic rings. The van der Waals surface area contributed by atoms with E-state index in [9.17, 15) is 0 Å². The molecule has 0 unspecified atom stereocenters. The van der Waals surface area contributed by atoms with Crippen LogP contribution in [-0.4, -0.2) is 6.54 Å². The first kappa shape index (κ1) is 6.54. The van der Waals surface area contributed by atoms with Crippen LogP contribution in [0.3, 0.4) is 0 Å². The first-order chi connectivity index (χ1) is 3.41. The highest BCUT2D eigenvalue weighted by Gasteiger charge is 1.68. The average Bonchev–Trinajstić information content (AvgIpc) is 1.69. The van der Waals surface area contributed by atoms with Gasteiger partial charge in [-0.3, -0.25) is 0 Å². The van der Waals surface area contributed by atoms with Crippen molar-refractivity contribution in [1.29, 1.82) is 0 Å². The van der Waals surface area contributed by atoms with Gasteiger partial charge < -0.3 is 5.32 Å². The van der Waals surface area contributed by atoms with Crippen LogP contribution < -0.4 is 5.32 Å². The summed E-state index contributed by atoms with van der Waals surface area (Å²) in [6.07, 6.45) is 5.16. The summed E-state index contributed by atoms with van der Waals surface area (Å²) >= 11 is 0. The predicted molar refractivity (Wildman–Crippen MR) is 33.1 cm³/mol. The minimum Gasteiger partial charge on any atom is -0.391 e. The largest absolute Gasteiger partial charge is 0.391 e. The number of nitrogens with one attached hydrogen (secondary N) is 1. The fourth-order valence-electron chi connectivity index (χ4n) is 0.346. The summed E-state index contributed by atoms with van der Waals surface area (Å²) in [5, 5.41) is 3.10. The molecule has 0 aromatic heterocycles. The summed E-state index contributed by atoms with van der Waals surface area (Å²) in [4.78, 5) is 0. The third kappa shape index (κ3) is 5.54. The average molecular weight is 99.2 g/mol. The fraction of sp³-hybridized carbons (Fsp3) is 0.667. The second-order valence-corrected chi connectivity index (χ2v) is 1.45. The molecule has 0 saturated heterocycles. The Kier molecular flexibility index (Phi) is 5.18. The number of hydrogen-bond donors (Lipinski definition) is 1. The van der Waals surface area contributed by atoms with E-state index in [-0.39, 0.29) is 0 Å². The highest BCUT2D eigenvalue weighted by molar-refractivity contribution is 4.72. The Bertz CT molecular complexity index is 48.1. The molecule has 0 aromatic rings. The standard InChI is InChI=1S/C6H13N/c1-3-5-7-6-4-2/h3,5,7H,4,6H2,1-2H3. The molecule has 7 heavy (non-hydrogen) atoms. The third-order valence-electron chi connectivity index (χ3n) is 0.679. The van der Waals surface area contributed by atoms with Crippen molar-refractivity contribution in [3.63, 3.8) is 0 Å². The summed E-state index contributed by atoms with van der Waals surface area (Å²) in [6, 6.07) is 0. The third-order valence-corrected chi connectivity index (χ3v) is 0.679. The SMILES string of the molecule is CC=CNCCC. The smallest absolute Gasteiger partial charge is 0.0138 e. The summed E-state index contributed by atoms with van der Waals surface area (Å²) < 4.78 is 0. The summed E-state index contributed by atoms with van der Waals surface area (Å²) in [5.74, 6) is 0. The Balaban J connectivity index is 2.69. The zero-order valence-corrected chi connectivity index (χ0v) is 5.07. The lowest BCUT2D eigenvalue weighted by molar-refractivity contribution is 0.808. The van der Waals surface area contributed by atoms with Crippen molar-refractivity contribution in [3.05, 3.63) is 12.3 Å². The minimum atomic E-state index is 1.09. The molecule has 0 spiro atoms. The molecule has 0 saturated carbocycles. The van der Waals surface area contributed by atoms with E-state index < -0.39 is 0 Å². The van der Waals surface area contributed by atoms with Crippen molar-refractivity contribution >= 4 is 0 Å². The first-order valence-corrected chi connectivity index (χ1v) is 2.76. The van der Waals surface area contributed by atoms with Crippen LogP contribution in [0.15, 0.2) is 12.3 Å². The predicted octanol–water partition coefficient (Wildman–Crippen LogP) is 1.52. The summed E-state index contributed by atoms with van der Waals surface area (Å²) in [7, 11) is 0. The van der Waals surface area contributed by atoms with Crippen molar-refractivity contribution in [3.8, 4) is 0 Å². The van der Waals surface area contributed by atoms with Crippen molar-refractivity contribution in [2.24, 2.45) is 0 Å². The van der Waals surface area contributed by atoms with Gasteiger partial charge in [-0.15, -0.1) is 0 Å². The number of hydrogen-bond acceptors (Lipinski definition) is 1. The monoisotopic (exact) mass is 99.1 g/mol. The summed E-state index contributed by atoms with van der Waals surface area (Å²) in [6.45, 7) is 5.24. The van der Waals surface area contributed by atoms with Crippen LogP contribution in [-0.2, 0) is 0 Å². The van der Waals surface area contributed by atoms with Crippen LogP contribution in [0, 0.1) is 0 Å². The Morgan fingerprint density at radius 2 is 2.29 bits per heavy atom. The molecule has 0 heterocycles. The molecule has 0 bridgehead atoms. The van der Waals surface area contributed by atoms with Gasteiger partial charge >= 0.3 is 0 Å². The lowest BCUT2D eigenvalue weighted by atomic mass is 10.5. The topological polar surface area (TPSA) is 12.0 Å². The van der Waals surface area contributed by atoms with E-state index in [1.54, 1.807) is 0 Å². The first-order valence-electron chi connectivity index (χ1n) is 2.76.